The average Bonchev–Trinajstić information content (AvgIpc) is 2.27. The fraction of sp³-hybridized carbons (Fsp3) is 0.0769. The van der Waals surface area contributed by atoms with Gasteiger partial charge in [-0.25, -0.2) is 8.78 Å². The van der Waals surface area contributed by atoms with Gasteiger partial charge in [-0.05, 0) is 42.3 Å². The molecule has 2 rings (SSSR count). The topological polar surface area (TPSA) is 26.0 Å². The van der Waals surface area contributed by atoms with E-state index in [1.165, 1.54) is 0 Å². The molecular formula is C13H10ClF2N. The van der Waals surface area contributed by atoms with Crippen LogP contribution in [0.2, 0.25) is 5.02 Å². The predicted octanol–water partition coefficient (Wildman–Crippen LogP) is 4.18. The molecule has 0 saturated carbocycles. The van der Waals surface area contributed by atoms with Crippen molar-refractivity contribution < 1.29 is 8.78 Å². The van der Waals surface area contributed by atoms with Gasteiger partial charge in [0.1, 0.15) is 0 Å². The van der Waals surface area contributed by atoms with Crippen molar-refractivity contribution in [3.63, 3.8) is 0 Å². The molecule has 0 heterocycles. The summed E-state index contributed by atoms with van der Waals surface area (Å²) in [6.45, 7) is 1.84. The standard InChI is InChI=1S/C13H10ClF2N/c1-7-4-8(2-3-13(7)17)9-5-11(15)12(16)6-10(9)14/h2-6H,17H2,1H3. The molecule has 0 saturated heterocycles. The molecule has 2 N–H and O–H groups in total. The van der Waals surface area contributed by atoms with Gasteiger partial charge in [0, 0.05) is 11.3 Å². The van der Waals surface area contributed by atoms with Crippen LogP contribution in [0.3, 0.4) is 0 Å². The Labute approximate surface area is 103 Å². The molecule has 0 atom stereocenters. The van der Waals surface area contributed by atoms with Crippen molar-refractivity contribution in [1.82, 2.24) is 0 Å². The Hall–Kier alpha value is -1.61. The van der Waals surface area contributed by atoms with E-state index in [0.29, 0.717) is 16.8 Å². The van der Waals surface area contributed by atoms with Crippen molar-refractivity contribution in [3.05, 3.63) is 52.6 Å². The number of hydrogen-bond donors (Lipinski definition) is 1. The van der Waals surface area contributed by atoms with Crippen molar-refractivity contribution >= 4 is 17.3 Å². The van der Waals surface area contributed by atoms with Gasteiger partial charge in [0.05, 0.1) is 5.02 Å². The lowest BCUT2D eigenvalue weighted by molar-refractivity contribution is 0.509. The number of rotatable bonds is 1. The van der Waals surface area contributed by atoms with E-state index in [4.69, 9.17) is 17.3 Å². The van der Waals surface area contributed by atoms with Gasteiger partial charge < -0.3 is 5.73 Å². The van der Waals surface area contributed by atoms with Gasteiger partial charge in [-0.2, -0.15) is 0 Å². The van der Waals surface area contributed by atoms with E-state index in [1.807, 2.05) is 6.92 Å². The van der Waals surface area contributed by atoms with Crippen LogP contribution in [0, 0.1) is 18.6 Å². The van der Waals surface area contributed by atoms with Crippen LogP contribution in [-0.2, 0) is 0 Å². The van der Waals surface area contributed by atoms with Crippen LogP contribution in [0.15, 0.2) is 30.3 Å². The molecule has 0 aliphatic rings. The van der Waals surface area contributed by atoms with Crippen LogP contribution in [0.1, 0.15) is 5.56 Å². The van der Waals surface area contributed by atoms with Gasteiger partial charge in [-0.1, -0.05) is 17.7 Å². The Bertz CT molecular complexity index is 582. The first kappa shape index (κ1) is 11.9. The van der Waals surface area contributed by atoms with Crippen LogP contribution >= 0.6 is 11.6 Å². The van der Waals surface area contributed by atoms with Crippen LogP contribution < -0.4 is 5.73 Å². The highest BCUT2D eigenvalue weighted by atomic mass is 35.5. The SMILES string of the molecule is Cc1cc(-c2cc(F)c(F)cc2Cl)ccc1N. The molecule has 0 aliphatic heterocycles. The molecule has 0 amide bonds. The summed E-state index contributed by atoms with van der Waals surface area (Å²) in [6.07, 6.45) is 0. The smallest absolute Gasteiger partial charge is 0.160 e. The third-order valence-corrected chi connectivity index (χ3v) is 2.90. The highest BCUT2D eigenvalue weighted by Crippen LogP contribution is 2.31. The van der Waals surface area contributed by atoms with E-state index >= 15 is 0 Å². The summed E-state index contributed by atoms with van der Waals surface area (Å²) in [7, 11) is 0. The quantitative estimate of drug-likeness (QED) is 0.599. The number of nitrogens with two attached hydrogens (primary N) is 1. The number of hydrogen-bond acceptors (Lipinski definition) is 1. The average molecular weight is 254 g/mol. The molecular weight excluding hydrogens is 244 g/mol. The zero-order valence-electron chi connectivity index (χ0n) is 9.10. The molecule has 4 heteroatoms. The zero-order valence-corrected chi connectivity index (χ0v) is 9.85. The summed E-state index contributed by atoms with van der Waals surface area (Å²) in [5.74, 6) is -1.87. The summed E-state index contributed by atoms with van der Waals surface area (Å²) >= 11 is 5.89. The third kappa shape index (κ3) is 2.24. The molecule has 2 aromatic rings. The van der Waals surface area contributed by atoms with Crippen LogP contribution in [-0.4, -0.2) is 0 Å². The first-order valence-corrected chi connectivity index (χ1v) is 5.38. The fourth-order valence-corrected chi connectivity index (χ4v) is 1.85. The lowest BCUT2D eigenvalue weighted by atomic mass is 10.0. The number of anilines is 1. The summed E-state index contributed by atoms with van der Waals surface area (Å²) in [4.78, 5) is 0. The van der Waals surface area contributed by atoms with E-state index in [9.17, 15) is 8.78 Å². The minimum atomic E-state index is -0.953. The van der Waals surface area contributed by atoms with Gasteiger partial charge in [-0.15, -0.1) is 0 Å². The normalized spacial score (nSPS) is 10.6. The van der Waals surface area contributed by atoms with Crippen LogP contribution in [0.25, 0.3) is 11.1 Å². The highest BCUT2D eigenvalue weighted by molar-refractivity contribution is 6.33. The molecule has 0 unspecified atom stereocenters. The van der Waals surface area contributed by atoms with E-state index in [1.54, 1.807) is 18.2 Å². The summed E-state index contributed by atoms with van der Waals surface area (Å²) in [6, 6.07) is 7.28. The van der Waals surface area contributed by atoms with Gasteiger partial charge in [-0.3, -0.25) is 0 Å². The predicted molar refractivity (Wildman–Crippen MR) is 66.0 cm³/mol. The maximum atomic E-state index is 13.2. The van der Waals surface area contributed by atoms with E-state index < -0.39 is 11.6 Å². The third-order valence-electron chi connectivity index (χ3n) is 2.59. The Morgan fingerprint density at radius 1 is 1.06 bits per heavy atom. The lowest BCUT2D eigenvalue weighted by Gasteiger charge is -2.08. The second kappa shape index (κ2) is 4.34. The molecule has 0 radical (unpaired) electrons. The zero-order chi connectivity index (χ0) is 12.6. The molecule has 1 nitrogen and oxygen atoms in total. The number of halogens is 3. The van der Waals surface area contributed by atoms with Gasteiger partial charge in [0.25, 0.3) is 0 Å². The van der Waals surface area contributed by atoms with Crippen LogP contribution in [0.4, 0.5) is 14.5 Å². The molecule has 0 aromatic heterocycles. The van der Waals surface area contributed by atoms with Crippen molar-refractivity contribution in [3.8, 4) is 11.1 Å². The molecule has 0 bridgehead atoms. The highest BCUT2D eigenvalue weighted by Gasteiger charge is 2.10. The van der Waals surface area contributed by atoms with Crippen molar-refractivity contribution in [1.29, 1.82) is 0 Å². The monoisotopic (exact) mass is 253 g/mol. The van der Waals surface area contributed by atoms with E-state index in [2.05, 4.69) is 0 Å². The van der Waals surface area contributed by atoms with E-state index in [0.717, 1.165) is 17.7 Å². The molecule has 17 heavy (non-hydrogen) atoms. The summed E-state index contributed by atoms with van der Waals surface area (Å²) in [5, 5.41) is 0.174. The van der Waals surface area contributed by atoms with E-state index in [-0.39, 0.29) is 5.02 Å². The number of aryl methyl sites for hydroxylation is 1. The first-order chi connectivity index (χ1) is 7.99. The second-order valence-corrected chi connectivity index (χ2v) is 4.22. The fourth-order valence-electron chi connectivity index (χ4n) is 1.59. The number of nitrogen functional groups attached to an aromatic ring is 1. The minimum absolute atomic E-state index is 0.174. The van der Waals surface area contributed by atoms with Gasteiger partial charge in [0.2, 0.25) is 0 Å². The maximum absolute atomic E-state index is 13.2. The summed E-state index contributed by atoms with van der Waals surface area (Å²) in [5.41, 5.74) is 8.36. The molecule has 0 aliphatic carbocycles. The van der Waals surface area contributed by atoms with Gasteiger partial charge >= 0.3 is 0 Å². The molecule has 0 spiro atoms. The molecule has 0 fully saturated rings. The van der Waals surface area contributed by atoms with Crippen molar-refractivity contribution in [2.24, 2.45) is 0 Å². The lowest BCUT2D eigenvalue weighted by Crippen LogP contribution is -1.91. The Balaban J connectivity index is 2.60. The Kier molecular flexibility index (Phi) is 3.03. The van der Waals surface area contributed by atoms with Crippen molar-refractivity contribution in [2.75, 3.05) is 5.73 Å². The summed E-state index contributed by atoms with van der Waals surface area (Å²) < 4.78 is 26.1. The molecule has 88 valence electrons. The number of benzene rings is 2. The first-order valence-electron chi connectivity index (χ1n) is 5.00. The van der Waals surface area contributed by atoms with Crippen molar-refractivity contribution in [2.45, 2.75) is 6.92 Å². The van der Waals surface area contributed by atoms with Crippen LogP contribution in [0.5, 0.6) is 0 Å². The van der Waals surface area contributed by atoms with Gasteiger partial charge in [0.15, 0.2) is 11.6 Å². The minimum Gasteiger partial charge on any atom is -0.399 e. The Morgan fingerprint density at radius 2 is 1.71 bits per heavy atom. The molecule has 2 aromatic carbocycles. The second-order valence-electron chi connectivity index (χ2n) is 3.82. The largest absolute Gasteiger partial charge is 0.399 e. The maximum Gasteiger partial charge on any atom is 0.160 e. The Morgan fingerprint density at radius 3 is 2.35 bits per heavy atom.